The first-order chi connectivity index (χ1) is 15.9. The molecule has 2 aromatic carbocycles. The molecule has 2 heterocycles. The van der Waals surface area contributed by atoms with Crippen LogP contribution in [0.25, 0.3) is 11.1 Å². The van der Waals surface area contributed by atoms with Gasteiger partial charge in [-0.05, 0) is 42.3 Å². The Kier molecular flexibility index (Phi) is 6.59. The van der Waals surface area contributed by atoms with Crippen molar-refractivity contribution >= 4 is 40.5 Å². The number of ether oxygens (including phenoxy) is 2. The predicted molar refractivity (Wildman–Crippen MR) is 129 cm³/mol. The lowest BCUT2D eigenvalue weighted by Gasteiger charge is -2.24. The van der Waals surface area contributed by atoms with Crippen LogP contribution in [0, 0.1) is 12.3 Å². The van der Waals surface area contributed by atoms with E-state index >= 15 is 0 Å². The van der Waals surface area contributed by atoms with Gasteiger partial charge in [0.1, 0.15) is 11.5 Å². The number of amides is 1. The molecule has 0 saturated heterocycles. The zero-order chi connectivity index (χ0) is 23.5. The number of nitrogens with one attached hydrogen (secondary N) is 1. The van der Waals surface area contributed by atoms with Crippen molar-refractivity contribution in [2.24, 2.45) is 0 Å². The van der Waals surface area contributed by atoms with Gasteiger partial charge in [-0.15, -0.1) is 17.8 Å². The molecule has 6 nitrogen and oxygen atoms in total. The number of aromatic carboxylic acids is 1. The first-order valence-corrected chi connectivity index (χ1v) is 11.4. The molecule has 0 radical (unpaired) electrons. The van der Waals surface area contributed by atoms with Gasteiger partial charge in [-0.25, -0.2) is 4.79 Å². The Morgan fingerprint density at radius 2 is 2.00 bits per heavy atom. The second-order valence-corrected chi connectivity index (χ2v) is 8.78. The van der Waals surface area contributed by atoms with Gasteiger partial charge in [0.2, 0.25) is 5.91 Å². The number of rotatable bonds is 7. The number of hydrogen-bond donors (Lipinski definition) is 2. The van der Waals surface area contributed by atoms with E-state index in [1.165, 1.54) is 11.3 Å². The van der Waals surface area contributed by atoms with Crippen LogP contribution in [0.1, 0.15) is 39.4 Å². The molecule has 4 rings (SSSR count). The molecule has 168 valence electrons. The maximum absolute atomic E-state index is 12.7. The summed E-state index contributed by atoms with van der Waals surface area (Å²) in [5, 5.41) is 13.3. The normalized spacial score (nSPS) is 14.7. The fourth-order valence-corrected chi connectivity index (χ4v) is 5.22. The molecule has 0 aliphatic carbocycles. The SMILES string of the molecule is C#CCOc1ccc(C2CC(=O)Nc3c2sc(C(=O)O)c3-c2ccc(Cl)cc2)cc1OCC. The molecule has 3 aromatic rings. The maximum Gasteiger partial charge on any atom is 0.346 e. The van der Waals surface area contributed by atoms with Crippen LogP contribution < -0.4 is 14.8 Å². The Morgan fingerprint density at radius 3 is 2.67 bits per heavy atom. The van der Waals surface area contributed by atoms with Crippen LogP contribution >= 0.6 is 22.9 Å². The van der Waals surface area contributed by atoms with Gasteiger partial charge in [0.25, 0.3) is 0 Å². The van der Waals surface area contributed by atoms with Crippen LogP contribution in [-0.2, 0) is 4.79 Å². The summed E-state index contributed by atoms with van der Waals surface area (Å²) in [5.41, 5.74) is 2.49. The fraction of sp³-hybridized carbons (Fsp3) is 0.200. The topological polar surface area (TPSA) is 84.9 Å². The van der Waals surface area contributed by atoms with Gasteiger partial charge < -0.3 is 19.9 Å². The molecule has 2 N–H and O–H groups in total. The number of hydrogen-bond acceptors (Lipinski definition) is 5. The lowest BCUT2D eigenvalue weighted by atomic mass is 9.88. The number of benzene rings is 2. The zero-order valence-corrected chi connectivity index (χ0v) is 19.3. The smallest absolute Gasteiger partial charge is 0.346 e. The third kappa shape index (κ3) is 4.54. The van der Waals surface area contributed by atoms with Crippen molar-refractivity contribution in [3.05, 3.63) is 62.8 Å². The van der Waals surface area contributed by atoms with E-state index in [9.17, 15) is 14.7 Å². The Morgan fingerprint density at radius 1 is 1.24 bits per heavy atom. The van der Waals surface area contributed by atoms with E-state index in [0.717, 1.165) is 10.4 Å². The first-order valence-electron chi connectivity index (χ1n) is 10.2. The average molecular weight is 482 g/mol. The molecule has 1 aliphatic rings. The number of carboxylic acid groups (broad SMARTS) is 1. The molecule has 1 aromatic heterocycles. The highest BCUT2D eigenvalue weighted by Gasteiger charge is 2.34. The predicted octanol–water partition coefficient (Wildman–Crippen LogP) is 5.65. The number of terminal acetylenes is 1. The van der Waals surface area contributed by atoms with E-state index in [1.807, 2.05) is 19.1 Å². The maximum atomic E-state index is 12.7. The van der Waals surface area contributed by atoms with E-state index in [-0.39, 0.29) is 29.7 Å². The van der Waals surface area contributed by atoms with Crippen LogP contribution in [0.3, 0.4) is 0 Å². The lowest BCUT2D eigenvalue weighted by molar-refractivity contribution is -0.116. The fourth-order valence-electron chi connectivity index (χ4n) is 3.85. The van der Waals surface area contributed by atoms with Gasteiger partial charge in [-0.3, -0.25) is 4.79 Å². The quantitative estimate of drug-likeness (QED) is 0.426. The van der Waals surface area contributed by atoms with Gasteiger partial charge >= 0.3 is 5.97 Å². The number of carbonyl (C=O) groups is 2. The highest BCUT2D eigenvalue weighted by Crippen LogP contribution is 2.50. The van der Waals surface area contributed by atoms with E-state index in [0.29, 0.717) is 39.9 Å². The molecule has 1 aliphatic heterocycles. The summed E-state index contributed by atoms with van der Waals surface area (Å²) >= 11 is 7.18. The summed E-state index contributed by atoms with van der Waals surface area (Å²) in [6.07, 6.45) is 5.48. The molecule has 8 heteroatoms. The third-order valence-electron chi connectivity index (χ3n) is 5.21. The summed E-state index contributed by atoms with van der Waals surface area (Å²) in [6.45, 7) is 2.39. The van der Waals surface area contributed by atoms with Crippen molar-refractivity contribution in [2.75, 3.05) is 18.5 Å². The van der Waals surface area contributed by atoms with Gasteiger partial charge in [-0.1, -0.05) is 35.7 Å². The molecule has 0 saturated carbocycles. The van der Waals surface area contributed by atoms with Crippen molar-refractivity contribution in [3.8, 4) is 35.0 Å². The van der Waals surface area contributed by atoms with Gasteiger partial charge in [0.05, 0.1) is 12.3 Å². The van der Waals surface area contributed by atoms with Gasteiger partial charge in [0, 0.05) is 27.8 Å². The van der Waals surface area contributed by atoms with E-state index in [1.54, 1.807) is 30.3 Å². The van der Waals surface area contributed by atoms with Crippen LogP contribution in [0.15, 0.2) is 42.5 Å². The van der Waals surface area contributed by atoms with E-state index < -0.39 is 5.97 Å². The molecular formula is C25H20ClNO5S. The number of fused-ring (bicyclic) bond motifs is 1. The molecular weight excluding hydrogens is 462 g/mol. The van der Waals surface area contributed by atoms with Gasteiger partial charge in [0.15, 0.2) is 11.5 Å². The first kappa shape index (κ1) is 22.7. The van der Waals surface area contributed by atoms with Crippen LogP contribution in [0.4, 0.5) is 5.69 Å². The van der Waals surface area contributed by atoms with Crippen molar-refractivity contribution in [3.63, 3.8) is 0 Å². The number of anilines is 1. The number of halogens is 1. The number of carboxylic acids is 1. The van der Waals surface area contributed by atoms with Gasteiger partial charge in [-0.2, -0.15) is 0 Å². The minimum atomic E-state index is -1.06. The Bertz CT molecular complexity index is 1260. The summed E-state index contributed by atoms with van der Waals surface area (Å²) in [7, 11) is 0. The van der Waals surface area contributed by atoms with E-state index in [4.69, 9.17) is 27.5 Å². The summed E-state index contributed by atoms with van der Waals surface area (Å²) in [6, 6.07) is 12.3. The van der Waals surface area contributed by atoms with Crippen molar-refractivity contribution in [1.82, 2.24) is 0 Å². The molecule has 0 bridgehead atoms. The van der Waals surface area contributed by atoms with Crippen molar-refractivity contribution in [1.29, 1.82) is 0 Å². The minimum Gasteiger partial charge on any atom is -0.490 e. The molecule has 33 heavy (non-hydrogen) atoms. The molecule has 0 spiro atoms. The minimum absolute atomic E-state index is 0.104. The summed E-state index contributed by atoms with van der Waals surface area (Å²) < 4.78 is 11.3. The molecule has 0 fully saturated rings. The zero-order valence-electron chi connectivity index (χ0n) is 17.7. The van der Waals surface area contributed by atoms with Crippen LogP contribution in [0.5, 0.6) is 11.5 Å². The Hall–Kier alpha value is -3.47. The summed E-state index contributed by atoms with van der Waals surface area (Å²) in [5.74, 6) is 1.88. The molecule has 1 amide bonds. The van der Waals surface area contributed by atoms with Crippen LogP contribution in [0.2, 0.25) is 5.02 Å². The average Bonchev–Trinajstić information content (AvgIpc) is 3.18. The number of carbonyl (C=O) groups excluding carboxylic acids is 1. The molecule has 1 atom stereocenters. The molecule has 1 unspecified atom stereocenters. The summed E-state index contributed by atoms with van der Waals surface area (Å²) in [4.78, 5) is 25.7. The van der Waals surface area contributed by atoms with E-state index in [2.05, 4.69) is 11.2 Å². The highest BCUT2D eigenvalue weighted by molar-refractivity contribution is 7.15. The lowest BCUT2D eigenvalue weighted by Crippen LogP contribution is -2.22. The second-order valence-electron chi connectivity index (χ2n) is 7.29. The second kappa shape index (κ2) is 9.57. The third-order valence-corrected chi connectivity index (χ3v) is 6.76. The Labute approximate surface area is 200 Å². The van der Waals surface area contributed by atoms with Crippen LogP contribution in [-0.4, -0.2) is 30.2 Å². The number of thiophene rings is 1. The highest BCUT2D eigenvalue weighted by atomic mass is 35.5. The largest absolute Gasteiger partial charge is 0.490 e. The Balaban J connectivity index is 1.84. The van der Waals surface area contributed by atoms with Crippen molar-refractivity contribution in [2.45, 2.75) is 19.3 Å². The van der Waals surface area contributed by atoms with Crippen molar-refractivity contribution < 1.29 is 24.2 Å². The monoisotopic (exact) mass is 481 g/mol. The standard InChI is InChI=1S/C25H20ClNO5S/c1-3-11-32-18-10-7-15(12-19(18)31-4-2)17-13-20(28)27-22-21(14-5-8-16(26)9-6-14)24(25(29)30)33-23(17)22/h1,5-10,12,17H,4,11,13H2,2H3,(H,27,28)(H,29,30).